The standard InChI is InChI=1S/C22H28N2O6S/c1-28-17-9-11-19(29-2)18(15-17)23-22(25)16-8-10-20(30-3)21(14-16)31(26,27)24-12-6-4-5-7-13-24/h8-11,14-15H,4-7,12-13H2,1-3H3,(H,23,25). The molecule has 9 heteroatoms. The summed E-state index contributed by atoms with van der Waals surface area (Å²) in [6.45, 7) is 0.922. The molecular formula is C22H28N2O6S. The first kappa shape index (κ1) is 22.9. The number of anilines is 1. The number of sulfonamides is 1. The highest BCUT2D eigenvalue weighted by molar-refractivity contribution is 7.89. The van der Waals surface area contributed by atoms with Crippen molar-refractivity contribution in [2.24, 2.45) is 0 Å². The van der Waals surface area contributed by atoms with Crippen LogP contribution in [0.4, 0.5) is 5.69 Å². The summed E-state index contributed by atoms with van der Waals surface area (Å²) < 4.78 is 43.9. The summed E-state index contributed by atoms with van der Waals surface area (Å²) in [5.41, 5.74) is 0.610. The van der Waals surface area contributed by atoms with E-state index in [0.717, 1.165) is 25.7 Å². The number of benzene rings is 2. The van der Waals surface area contributed by atoms with Crippen LogP contribution in [0.3, 0.4) is 0 Å². The van der Waals surface area contributed by atoms with Gasteiger partial charge in [-0.2, -0.15) is 4.31 Å². The zero-order valence-electron chi connectivity index (χ0n) is 18.0. The fourth-order valence-electron chi connectivity index (χ4n) is 3.55. The molecule has 1 amide bonds. The molecule has 2 aromatic carbocycles. The number of hydrogen-bond donors (Lipinski definition) is 1. The minimum Gasteiger partial charge on any atom is -0.497 e. The fraction of sp³-hybridized carbons (Fsp3) is 0.409. The summed E-state index contributed by atoms with van der Waals surface area (Å²) >= 11 is 0. The van der Waals surface area contributed by atoms with Crippen LogP contribution in [0.2, 0.25) is 0 Å². The third-order valence-corrected chi connectivity index (χ3v) is 7.18. The Morgan fingerprint density at radius 2 is 1.52 bits per heavy atom. The topological polar surface area (TPSA) is 94.2 Å². The van der Waals surface area contributed by atoms with Crippen molar-refractivity contribution in [3.63, 3.8) is 0 Å². The quantitative estimate of drug-likeness (QED) is 0.696. The van der Waals surface area contributed by atoms with Crippen molar-refractivity contribution in [2.75, 3.05) is 39.7 Å². The lowest BCUT2D eigenvalue weighted by atomic mass is 10.2. The van der Waals surface area contributed by atoms with Crippen molar-refractivity contribution in [1.29, 1.82) is 0 Å². The maximum Gasteiger partial charge on any atom is 0.255 e. The van der Waals surface area contributed by atoms with Gasteiger partial charge >= 0.3 is 0 Å². The first-order valence-electron chi connectivity index (χ1n) is 10.1. The van der Waals surface area contributed by atoms with Crippen LogP contribution in [0.5, 0.6) is 17.2 Å². The van der Waals surface area contributed by atoms with Crippen molar-refractivity contribution in [3.05, 3.63) is 42.0 Å². The second-order valence-electron chi connectivity index (χ2n) is 7.20. The summed E-state index contributed by atoms with van der Waals surface area (Å²) in [5.74, 6) is 0.747. The smallest absolute Gasteiger partial charge is 0.255 e. The highest BCUT2D eigenvalue weighted by Gasteiger charge is 2.29. The van der Waals surface area contributed by atoms with E-state index in [-0.39, 0.29) is 16.2 Å². The molecule has 168 valence electrons. The van der Waals surface area contributed by atoms with Crippen LogP contribution in [0, 0.1) is 0 Å². The molecule has 0 unspecified atom stereocenters. The van der Waals surface area contributed by atoms with Gasteiger partial charge in [-0.3, -0.25) is 4.79 Å². The predicted octanol–water partition coefficient (Wildman–Crippen LogP) is 3.53. The van der Waals surface area contributed by atoms with Gasteiger partial charge in [0.2, 0.25) is 10.0 Å². The molecule has 0 aromatic heterocycles. The van der Waals surface area contributed by atoms with E-state index in [1.165, 1.54) is 43.8 Å². The first-order valence-corrected chi connectivity index (χ1v) is 11.6. The second kappa shape index (κ2) is 10.0. The summed E-state index contributed by atoms with van der Waals surface area (Å²) in [6.07, 6.45) is 3.65. The Labute approximate surface area is 183 Å². The zero-order valence-corrected chi connectivity index (χ0v) is 18.8. The Morgan fingerprint density at radius 3 is 2.13 bits per heavy atom. The molecule has 0 saturated carbocycles. The molecule has 0 spiro atoms. The van der Waals surface area contributed by atoms with Crippen LogP contribution in [0.1, 0.15) is 36.0 Å². The lowest BCUT2D eigenvalue weighted by Crippen LogP contribution is -2.32. The Bertz CT molecular complexity index is 1030. The fourth-order valence-corrected chi connectivity index (χ4v) is 5.25. The number of carbonyl (C=O) groups excluding carboxylic acids is 1. The molecule has 1 aliphatic heterocycles. The van der Waals surface area contributed by atoms with Gasteiger partial charge in [-0.15, -0.1) is 0 Å². The number of rotatable bonds is 7. The average Bonchev–Trinajstić information content (AvgIpc) is 3.08. The molecule has 1 aliphatic rings. The molecule has 1 heterocycles. The van der Waals surface area contributed by atoms with E-state index < -0.39 is 15.9 Å². The SMILES string of the molecule is COc1ccc(OC)c(NC(=O)c2ccc(OC)c(S(=O)(=O)N3CCCCCC3)c2)c1. The molecule has 0 atom stereocenters. The van der Waals surface area contributed by atoms with E-state index in [1.807, 2.05) is 0 Å². The van der Waals surface area contributed by atoms with Crippen LogP contribution in [0.25, 0.3) is 0 Å². The van der Waals surface area contributed by atoms with Crippen LogP contribution < -0.4 is 19.5 Å². The monoisotopic (exact) mass is 448 g/mol. The lowest BCUT2D eigenvalue weighted by molar-refractivity contribution is 0.102. The molecule has 31 heavy (non-hydrogen) atoms. The van der Waals surface area contributed by atoms with Crippen LogP contribution in [0.15, 0.2) is 41.3 Å². The third kappa shape index (κ3) is 5.11. The number of nitrogens with one attached hydrogen (secondary N) is 1. The van der Waals surface area contributed by atoms with Crippen molar-refractivity contribution < 1.29 is 27.4 Å². The van der Waals surface area contributed by atoms with E-state index in [9.17, 15) is 13.2 Å². The highest BCUT2D eigenvalue weighted by atomic mass is 32.2. The summed E-state index contributed by atoms with van der Waals surface area (Å²) in [7, 11) is 0.639. The first-order chi connectivity index (χ1) is 14.9. The van der Waals surface area contributed by atoms with Crippen LogP contribution >= 0.6 is 0 Å². The van der Waals surface area contributed by atoms with Gasteiger partial charge < -0.3 is 19.5 Å². The van der Waals surface area contributed by atoms with E-state index in [1.54, 1.807) is 18.2 Å². The van der Waals surface area contributed by atoms with Gasteiger partial charge in [0, 0.05) is 24.7 Å². The van der Waals surface area contributed by atoms with Crippen LogP contribution in [-0.2, 0) is 10.0 Å². The molecule has 0 aliphatic carbocycles. The Balaban J connectivity index is 1.94. The maximum absolute atomic E-state index is 13.3. The van der Waals surface area contributed by atoms with Gasteiger partial charge in [-0.05, 0) is 43.2 Å². The van der Waals surface area contributed by atoms with Gasteiger partial charge in [0.05, 0.1) is 27.0 Å². The summed E-state index contributed by atoms with van der Waals surface area (Å²) in [6, 6.07) is 9.42. The minimum absolute atomic E-state index is 0.0119. The zero-order chi connectivity index (χ0) is 22.4. The number of hydrogen-bond acceptors (Lipinski definition) is 6. The molecule has 0 radical (unpaired) electrons. The van der Waals surface area contributed by atoms with E-state index in [2.05, 4.69) is 5.32 Å². The van der Waals surface area contributed by atoms with Crippen molar-refractivity contribution in [3.8, 4) is 17.2 Å². The number of carbonyl (C=O) groups is 1. The molecule has 1 N–H and O–H groups in total. The molecule has 8 nitrogen and oxygen atoms in total. The minimum atomic E-state index is -3.80. The van der Waals surface area contributed by atoms with Gasteiger partial charge in [-0.1, -0.05) is 12.8 Å². The van der Waals surface area contributed by atoms with E-state index >= 15 is 0 Å². The third-order valence-electron chi connectivity index (χ3n) is 5.26. The van der Waals surface area contributed by atoms with Crippen LogP contribution in [-0.4, -0.2) is 53.0 Å². The number of methoxy groups -OCH3 is 3. The largest absolute Gasteiger partial charge is 0.497 e. The normalized spacial score (nSPS) is 15.1. The molecule has 1 fully saturated rings. The highest BCUT2D eigenvalue weighted by Crippen LogP contribution is 2.32. The Kier molecular flexibility index (Phi) is 7.40. The van der Waals surface area contributed by atoms with Gasteiger partial charge in [-0.25, -0.2) is 8.42 Å². The van der Waals surface area contributed by atoms with Crippen molar-refractivity contribution in [2.45, 2.75) is 30.6 Å². The predicted molar refractivity (Wildman–Crippen MR) is 118 cm³/mol. The molecular weight excluding hydrogens is 420 g/mol. The van der Waals surface area contributed by atoms with E-state index in [0.29, 0.717) is 30.3 Å². The van der Waals surface area contributed by atoms with Gasteiger partial charge in [0.25, 0.3) is 5.91 Å². The Morgan fingerprint density at radius 1 is 0.871 bits per heavy atom. The summed E-state index contributed by atoms with van der Waals surface area (Å²) in [4.78, 5) is 12.9. The van der Waals surface area contributed by atoms with Gasteiger partial charge in [0.15, 0.2) is 0 Å². The second-order valence-corrected chi connectivity index (χ2v) is 9.11. The summed E-state index contributed by atoms with van der Waals surface area (Å²) in [5, 5.41) is 2.76. The number of ether oxygens (including phenoxy) is 3. The van der Waals surface area contributed by atoms with Gasteiger partial charge in [0.1, 0.15) is 22.1 Å². The molecule has 3 rings (SSSR count). The number of amides is 1. The number of nitrogens with zero attached hydrogens (tertiary/aromatic N) is 1. The van der Waals surface area contributed by atoms with Crippen molar-refractivity contribution >= 4 is 21.6 Å². The lowest BCUT2D eigenvalue weighted by Gasteiger charge is -2.21. The van der Waals surface area contributed by atoms with E-state index in [4.69, 9.17) is 14.2 Å². The average molecular weight is 449 g/mol. The maximum atomic E-state index is 13.3. The molecule has 0 bridgehead atoms. The molecule has 1 saturated heterocycles. The molecule has 2 aromatic rings. The Hall–Kier alpha value is -2.78. The van der Waals surface area contributed by atoms with Crippen molar-refractivity contribution in [1.82, 2.24) is 4.31 Å².